The molecular weight excluding hydrogens is 275 g/mol. The molecule has 0 saturated carbocycles. The van der Waals surface area contributed by atoms with E-state index in [9.17, 15) is 0 Å². The number of rotatable bonds is 4. The lowest BCUT2D eigenvalue weighted by atomic mass is 10.2. The molecule has 0 aliphatic carbocycles. The van der Waals surface area contributed by atoms with Crippen molar-refractivity contribution in [2.75, 3.05) is 19.5 Å². The number of nitrogen functional groups attached to an aromatic ring is 1. The van der Waals surface area contributed by atoms with Crippen molar-refractivity contribution in [3.05, 3.63) is 28.5 Å². The standard InChI is InChI=1S/C11H12Cl2N4O/c1-18-3-2-17-10(9(13)6-16-17)8-4-7(12)5-15-11(8)14/h4-6H,2-3H2,1H3,(H2,14,15). The Hall–Kier alpha value is -1.30. The van der Waals surface area contributed by atoms with Crippen molar-refractivity contribution in [1.29, 1.82) is 0 Å². The van der Waals surface area contributed by atoms with E-state index in [0.717, 1.165) is 0 Å². The van der Waals surface area contributed by atoms with E-state index in [4.69, 9.17) is 33.7 Å². The molecule has 0 aromatic carbocycles. The van der Waals surface area contributed by atoms with Gasteiger partial charge in [0.1, 0.15) is 5.82 Å². The van der Waals surface area contributed by atoms with Gasteiger partial charge in [0.15, 0.2) is 0 Å². The van der Waals surface area contributed by atoms with Gasteiger partial charge in [-0.3, -0.25) is 4.68 Å². The topological polar surface area (TPSA) is 66.0 Å². The molecule has 0 aliphatic rings. The van der Waals surface area contributed by atoms with Gasteiger partial charge >= 0.3 is 0 Å². The maximum atomic E-state index is 6.13. The number of halogens is 2. The third kappa shape index (κ3) is 2.58. The van der Waals surface area contributed by atoms with E-state index in [1.807, 2.05) is 0 Å². The SMILES string of the molecule is COCCn1ncc(Cl)c1-c1cc(Cl)cnc1N. The van der Waals surface area contributed by atoms with Gasteiger partial charge in [0, 0.05) is 18.9 Å². The summed E-state index contributed by atoms with van der Waals surface area (Å²) < 4.78 is 6.74. The molecule has 96 valence electrons. The van der Waals surface area contributed by atoms with Crippen LogP contribution in [-0.2, 0) is 11.3 Å². The lowest BCUT2D eigenvalue weighted by Gasteiger charge is -2.09. The van der Waals surface area contributed by atoms with E-state index in [1.54, 1.807) is 24.1 Å². The first-order valence-electron chi connectivity index (χ1n) is 5.25. The normalized spacial score (nSPS) is 10.8. The van der Waals surface area contributed by atoms with Gasteiger partial charge in [-0.05, 0) is 6.07 Å². The van der Waals surface area contributed by atoms with Crippen LogP contribution in [0.3, 0.4) is 0 Å². The van der Waals surface area contributed by atoms with Crippen molar-refractivity contribution in [3.8, 4) is 11.3 Å². The molecule has 5 nitrogen and oxygen atoms in total. The first-order chi connectivity index (χ1) is 8.63. The van der Waals surface area contributed by atoms with Crippen LogP contribution >= 0.6 is 23.2 Å². The summed E-state index contributed by atoms with van der Waals surface area (Å²) in [5.41, 5.74) is 7.21. The summed E-state index contributed by atoms with van der Waals surface area (Å²) in [6, 6.07) is 1.72. The summed E-state index contributed by atoms with van der Waals surface area (Å²) in [6.07, 6.45) is 3.05. The number of nitrogens with two attached hydrogens (primary N) is 1. The summed E-state index contributed by atoms with van der Waals surface area (Å²) in [7, 11) is 1.63. The Kier molecular flexibility index (Phi) is 4.06. The number of ether oxygens (including phenoxy) is 1. The molecule has 0 atom stereocenters. The van der Waals surface area contributed by atoms with E-state index in [1.165, 1.54) is 6.20 Å². The molecule has 0 fully saturated rings. The first-order valence-corrected chi connectivity index (χ1v) is 6.00. The Morgan fingerprint density at radius 1 is 1.39 bits per heavy atom. The Morgan fingerprint density at radius 3 is 2.89 bits per heavy atom. The zero-order chi connectivity index (χ0) is 13.1. The molecule has 2 aromatic heterocycles. The van der Waals surface area contributed by atoms with Gasteiger partial charge in [-0.15, -0.1) is 0 Å². The molecular formula is C11H12Cl2N4O. The minimum Gasteiger partial charge on any atom is -0.383 e. The zero-order valence-electron chi connectivity index (χ0n) is 9.73. The van der Waals surface area contributed by atoms with E-state index >= 15 is 0 Å². The number of methoxy groups -OCH3 is 1. The summed E-state index contributed by atoms with van der Waals surface area (Å²) in [5, 5.41) is 5.18. The van der Waals surface area contributed by atoms with Crippen LogP contribution < -0.4 is 5.73 Å². The number of pyridine rings is 1. The Balaban J connectivity index is 2.48. The van der Waals surface area contributed by atoms with Gasteiger partial charge in [0.25, 0.3) is 0 Å². The molecule has 0 unspecified atom stereocenters. The summed E-state index contributed by atoms with van der Waals surface area (Å²) in [4.78, 5) is 4.01. The summed E-state index contributed by atoms with van der Waals surface area (Å²) in [6.45, 7) is 1.10. The van der Waals surface area contributed by atoms with Crippen LogP contribution in [0.4, 0.5) is 5.82 Å². The Morgan fingerprint density at radius 2 is 2.17 bits per heavy atom. The van der Waals surface area contributed by atoms with Crippen molar-refractivity contribution in [2.24, 2.45) is 0 Å². The monoisotopic (exact) mass is 286 g/mol. The zero-order valence-corrected chi connectivity index (χ0v) is 11.2. The number of hydrogen-bond donors (Lipinski definition) is 1. The third-order valence-corrected chi connectivity index (χ3v) is 2.93. The van der Waals surface area contributed by atoms with E-state index in [2.05, 4.69) is 10.1 Å². The molecule has 18 heavy (non-hydrogen) atoms. The molecule has 2 N–H and O–H groups in total. The average Bonchev–Trinajstić information content (AvgIpc) is 2.71. The van der Waals surface area contributed by atoms with Gasteiger partial charge in [-0.25, -0.2) is 4.98 Å². The van der Waals surface area contributed by atoms with Crippen molar-refractivity contribution in [1.82, 2.24) is 14.8 Å². The Labute approximate surface area is 114 Å². The molecule has 2 rings (SSSR count). The van der Waals surface area contributed by atoms with Crippen LogP contribution in [0.25, 0.3) is 11.3 Å². The number of hydrogen-bond acceptors (Lipinski definition) is 4. The predicted molar refractivity (Wildman–Crippen MR) is 71.8 cm³/mol. The van der Waals surface area contributed by atoms with Crippen LogP contribution in [-0.4, -0.2) is 28.5 Å². The fourth-order valence-electron chi connectivity index (χ4n) is 1.62. The van der Waals surface area contributed by atoms with Crippen molar-refractivity contribution < 1.29 is 4.74 Å². The second-order valence-corrected chi connectivity index (χ2v) is 4.49. The molecule has 0 saturated heterocycles. The largest absolute Gasteiger partial charge is 0.383 e. The number of anilines is 1. The van der Waals surface area contributed by atoms with Gasteiger partial charge in [-0.1, -0.05) is 23.2 Å². The fourth-order valence-corrected chi connectivity index (χ4v) is 2.02. The van der Waals surface area contributed by atoms with E-state index < -0.39 is 0 Å². The second kappa shape index (κ2) is 5.56. The van der Waals surface area contributed by atoms with Crippen LogP contribution in [0.15, 0.2) is 18.5 Å². The van der Waals surface area contributed by atoms with Gasteiger partial charge in [0.05, 0.1) is 35.1 Å². The predicted octanol–water partition coefficient (Wildman–Crippen LogP) is 2.48. The minimum absolute atomic E-state index is 0.362. The molecule has 2 aromatic rings. The van der Waals surface area contributed by atoms with Crippen LogP contribution in [0.2, 0.25) is 10.0 Å². The summed E-state index contributed by atoms with van der Waals surface area (Å²) >= 11 is 12.1. The van der Waals surface area contributed by atoms with E-state index in [0.29, 0.717) is 40.3 Å². The Bertz CT molecular complexity index is 556. The maximum absolute atomic E-state index is 6.13. The second-order valence-electron chi connectivity index (χ2n) is 3.64. The number of nitrogens with zero attached hydrogens (tertiary/aromatic N) is 3. The minimum atomic E-state index is 0.362. The number of aromatic nitrogens is 3. The highest BCUT2D eigenvalue weighted by molar-refractivity contribution is 6.33. The van der Waals surface area contributed by atoms with Gasteiger partial charge < -0.3 is 10.5 Å². The lowest BCUT2D eigenvalue weighted by Crippen LogP contribution is -2.08. The van der Waals surface area contributed by atoms with Crippen molar-refractivity contribution in [2.45, 2.75) is 6.54 Å². The van der Waals surface area contributed by atoms with Crippen molar-refractivity contribution in [3.63, 3.8) is 0 Å². The quantitative estimate of drug-likeness (QED) is 0.938. The molecule has 2 heterocycles. The fraction of sp³-hybridized carbons (Fsp3) is 0.273. The highest BCUT2D eigenvalue weighted by Gasteiger charge is 2.15. The highest BCUT2D eigenvalue weighted by Crippen LogP contribution is 2.32. The smallest absolute Gasteiger partial charge is 0.132 e. The average molecular weight is 287 g/mol. The highest BCUT2D eigenvalue weighted by atomic mass is 35.5. The molecule has 0 spiro atoms. The molecule has 0 bridgehead atoms. The molecule has 0 amide bonds. The van der Waals surface area contributed by atoms with Crippen LogP contribution in [0.5, 0.6) is 0 Å². The van der Waals surface area contributed by atoms with Gasteiger partial charge in [-0.2, -0.15) is 5.10 Å². The van der Waals surface area contributed by atoms with Crippen LogP contribution in [0.1, 0.15) is 0 Å². The molecule has 0 radical (unpaired) electrons. The summed E-state index contributed by atoms with van der Waals surface area (Å²) in [5.74, 6) is 0.362. The van der Waals surface area contributed by atoms with E-state index in [-0.39, 0.29) is 0 Å². The van der Waals surface area contributed by atoms with Crippen molar-refractivity contribution >= 4 is 29.0 Å². The third-order valence-electron chi connectivity index (χ3n) is 2.44. The molecule has 0 aliphatic heterocycles. The van der Waals surface area contributed by atoms with Crippen LogP contribution in [0, 0.1) is 0 Å². The van der Waals surface area contributed by atoms with Gasteiger partial charge in [0.2, 0.25) is 0 Å². The molecule has 7 heteroatoms. The first kappa shape index (κ1) is 13.1. The lowest BCUT2D eigenvalue weighted by molar-refractivity contribution is 0.184. The maximum Gasteiger partial charge on any atom is 0.132 e.